The van der Waals surface area contributed by atoms with E-state index in [2.05, 4.69) is 54.0 Å². The van der Waals surface area contributed by atoms with Crippen molar-refractivity contribution in [1.82, 2.24) is 5.32 Å². The molecule has 0 aliphatic carbocycles. The summed E-state index contributed by atoms with van der Waals surface area (Å²) in [6, 6.07) is 13.2. The quantitative estimate of drug-likeness (QED) is 0.855. The van der Waals surface area contributed by atoms with E-state index in [0.717, 1.165) is 6.54 Å². The molecular weight excluding hydrogens is 242 g/mol. The van der Waals surface area contributed by atoms with Crippen molar-refractivity contribution in [1.29, 1.82) is 0 Å². The van der Waals surface area contributed by atoms with Crippen LogP contribution in [0.4, 0.5) is 0 Å². The molecule has 96 valence electrons. The van der Waals surface area contributed by atoms with Crippen molar-refractivity contribution in [3.05, 3.63) is 57.8 Å². The van der Waals surface area contributed by atoms with Gasteiger partial charge in [0.1, 0.15) is 0 Å². The molecule has 0 aliphatic rings. The monoisotopic (exact) mass is 261 g/mol. The van der Waals surface area contributed by atoms with E-state index >= 15 is 0 Å². The first-order chi connectivity index (χ1) is 8.79. The summed E-state index contributed by atoms with van der Waals surface area (Å²) in [5, 5.41) is 5.66. The maximum atomic E-state index is 5.15. The number of thiophene rings is 1. The van der Waals surface area contributed by atoms with Crippen LogP contribution in [0.3, 0.4) is 0 Å². The standard InChI is InChI=1S/C15H19NOS/c1-12(15-7-4-8-18-15)16-10-13-5-3-6-14(9-13)11-17-2/h3-9,12,16H,10-11H2,1-2H3/t12-/m1/s1. The Labute approximate surface area is 113 Å². The van der Waals surface area contributed by atoms with Crippen LogP contribution >= 0.6 is 11.3 Å². The van der Waals surface area contributed by atoms with E-state index in [9.17, 15) is 0 Å². The Morgan fingerprint density at radius 1 is 1.22 bits per heavy atom. The van der Waals surface area contributed by atoms with E-state index in [4.69, 9.17) is 4.74 Å². The Bertz CT molecular complexity index is 467. The van der Waals surface area contributed by atoms with Crippen LogP contribution in [0.25, 0.3) is 0 Å². The Balaban J connectivity index is 1.91. The average Bonchev–Trinajstić information content (AvgIpc) is 2.91. The van der Waals surface area contributed by atoms with Gasteiger partial charge in [-0.25, -0.2) is 0 Å². The number of methoxy groups -OCH3 is 1. The number of nitrogens with one attached hydrogen (secondary N) is 1. The van der Waals surface area contributed by atoms with Crippen molar-refractivity contribution in [3.8, 4) is 0 Å². The Morgan fingerprint density at radius 3 is 2.78 bits per heavy atom. The van der Waals surface area contributed by atoms with E-state index in [-0.39, 0.29) is 0 Å². The van der Waals surface area contributed by atoms with Gasteiger partial charge in [0.2, 0.25) is 0 Å². The van der Waals surface area contributed by atoms with Crippen LogP contribution in [-0.2, 0) is 17.9 Å². The van der Waals surface area contributed by atoms with Crippen LogP contribution in [0.1, 0.15) is 29.0 Å². The van der Waals surface area contributed by atoms with Crippen molar-refractivity contribution in [2.75, 3.05) is 7.11 Å². The highest BCUT2D eigenvalue weighted by Gasteiger charge is 2.05. The van der Waals surface area contributed by atoms with Crippen LogP contribution in [0.15, 0.2) is 41.8 Å². The first-order valence-corrected chi connectivity index (χ1v) is 7.01. The third kappa shape index (κ3) is 3.67. The van der Waals surface area contributed by atoms with Gasteiger partial charge in [-0.3, -0.25) is 0 Å². The molecule has 0 amide bonds. The number of benzene rings is 1. The van der Waals surface area contributed by atoms with E-state index in [1.165, 1.54) is 16.0 Å². The van der Waals surface area contributed by atoms with Crippen LogP contribution in [-0.4, -0.2) is 7.11 Å². The molecule has 18 heavy (non-hydrogen) atoms. The second kappa shape index (κ2) is 6.69. The zero-order valence-corrected chi connectivity index (χ0v) is 11.7. The molecule has 1 aromatic heterocycles. The average molecular weight is 261 g/mol. The fraction of sp³-hybridized carbons (Fsp3) is 0.333. The number of ether oxygens (including phenoxy) is 1. The molecule has 0 aliphatic heterocycles. The number of rotatable bonds is 6. The van der Waals surface area contributed by atoms with Gasteiger partial charge in [-0.1, -0.05) is 30.3 Å². The van der Waals surface area contributed by atoms with Crippen molar-refractivity contribution in [2.45, 2.75) is 26.1 Å². The predicted octanol–water partition coefficient (Wildman–Crippen LogP) is 3.75. The Hall–Kier alpha value is -1.16. The minimum atomic E-state index is 0.399. The molecule has 0 saturated carbocycles. The molecule has 1 N–H and O–H groups in total. The van der Waals surface area contributed by atoms with Crippen LogP contribution in [0.2, 0.25) is 0 Å². The molecule has 1 aromatic carbocycles. The zero-order chi connectivity index (χ0) is 12.8. The van der Waals surface area contributed by atoms with Gasteiger partial charge in [0.25, 0.3) is 0 Å². The lowest BCUT2D eigenvalue weighted by Gasteiger charge is -2.12. The maximum absolute atomic E-state index is 5.15. The number of hydrogen-bond acceptors (Lipinski definition) is 3. The minimum Gasteiger partial charge on any atom is -0.380 e. The molecule has 1 atom stereocenters. The zero-order valence-electron chi connectivity index (χ0n) is 10.8. The summed E-state index contributed by atoms with van der Waals surface area (Å²) in [5.74, 6) is 0. The summed E-state index contributed by atoms with van der Waals surface area (Å²) in [7, 11) is 1.73. The van der Waals surface area contributed by atoms with Gasteiger partial charge in [-0.15, -0.1) is 11.3 Å². The van der Waals surface area contributed by atoms with Crippen molar-refractivity contribution in [3.63, 3.8) is 0 Å². The fourth-order valence-electron chi connectivity index (χ4n) is 1.91. The first-order valence-electron chi connectivity index (χ1n) is 6.13. The molecule has 2 rings (SSSR count). The Morgan fingerprint density at radius 2 is 2.06 bits per heavy atom. The summed E-state index contributed by atoms with van der Waals surface area (Å²) in [5.41, 5.74) is 2.52. The van der Waals surface area contributed by atoms with E-state index in [1.54, 1.807) is 18.4 Å². The highest BCUT2D eigenvalue weighted by atomic mass is 32.1. The third-order valence-corrected chi connectivity index (χ3v) is 3.94. The molecule has 0 unspecified atom stereocenters. The van der Waals surface area contributed by atoms with Gasteiger partial charge in [0.05, 0.1) is 6.61 Å². The first kappa shape index (κ1) is 13.3. The fourth-order valence-corrected chi connectivity index (χ4v) is 2.66. The highest BCUT2D eigenvalue weighted by Crippen LogP contribution is 2.18. The topological polar surface area (TPSA) is 21.3 Å². The van der Waals surface area contributed by atoms with E-state index in [0.29, 0.717) is 12.6 Å². The molecule has 0 bridgehead atoms. The molecule has 0 radical (unpaired) electrons. The molecule has 0 saturated heterocycles. The van der Waals surface area contributed by atoms with Crippen molar-refractivity contribution < 1.29 is 4.74 Å². The van der Waals surface area contributed by atoms with E-state index in [1.807, 2.05) is 0 Å². The lowest BCUT2D eigenvalue weighted by atomic mass is 10.1. The largest absolute Gasteiger partial charge is 0.380 e. The number of hydrogen-bond donors (Lipinski definition) is 1. The summed E-state index contributed by atoms with van der Waals surface area (Å²) < 4.78 is 5.15. The van der Waals surface area contributed by atoms with Gasteiger partial charge in [-0.05, 0) is 29.5 Å². The molecule has 0 spiro atoms. The second-order valence-electron chi connectivity index (χ2n) is 4.37. The van der Waals surface area contributed by atoms with Crippen LogP contribution < -0.4 is 5.32 Å². The minimum absolute atomic E-state index is 0.399. The van der Waals surface area contributed by atoms with Crippen molar-refractivity contribution in [2.24, 2.45) is 0 Å². The van der Waals surface area contributed by atoms with Crippen molar-refractivity contribution >= 4 is 11.3 Å². The predicted molar refractivity (Wildman–Crippen MR) is 76.7 cm³/mol. The summed E-state index contributed by atoms with van der Waals surface area (Å²) in [6.07, 6.45) is 0. The third-order valence-electron chi connectivity index (χ3n) is 2.88. The molecule has 1 heterocycles. The van der Waals surface area contributed by atoms with Crippen LogP contribution in [0, 0.1) is 0 Å². The molecule has 2 aromatic rings. The summed E-state index contributed by atoms with van der Waals surface area (Å²) >= 11 is 1.79. The van der Waals surface area contributed by atoms with Gasteiger partial charge in [0.15, 0.2) is 0 Å². The summed E-state index contributed by atoms with van der Waals surface area (Å²) in [4.78, 5) is 1.38. The lowest BCUT2D eigenvalue weighted by Crippen LogP contribution is -2.17. The summed E-state index contributed by atoms with van der Waals surface area (Å²) in [6.45, 7) is 3.76. The molecule has 0 fully saturated rings. The molecule has 2 nitrogen and oxygen atoms in total. The normalized spacial score (nSPS) is 12.6. The van der Waals surface area contributed by atoms with Crippen LogP contribution in [0.5, 0.6) is 0 Å². The van der Waals surface area contributed by atoms with E-state index < -0.39 is 0 Å². The second-order valence-corrected chi connectivity index (χ2v) is 5.35. The van der Waals surface area contributed by atoms with Gasteiger partial charge in [0, 0.05) is 24.6 Å². The SMILES string of the molecule is COCc1cccc(CN[C@H](C)c2cccs2)c1. The van der Waals surface area contributed by atoms with Gasteiger partial charge < -0.3 is 10.1 Å². The molecule has 3 heteroatoms. The molecular formula is C15H19NOS. The lowest BCUT2D eigenvalue weighted by molar-refractivity contribution is 0.185. The smallest absolute Gasteiger partial charge is 0.0713 e. The van der Waals surface area contributed by atoms with Gasteiger partial charge in [-0.2, -0.15) is 0 Å². The van der Waals surface area contributed by atoms with Gasteiger partial charge >= 0.3 is 0 Å². The Kier molecular flexibility index (Phi) is 4.93. The highest BCUT2D eigenvalue weighted by molar-refractivity contribution is 7.10. The maximum Gasteiger partial charge on any atom is 0.0713 e.